The maximum Gasteiger partial charge on any atom is 0.0707 e. The van der Waals surface area contributed by atoms with Gasteiger partial charge in [-0.05, 0) is 36.9 Å². The number of nitrogens with two attached hydrogens (primary N) is 1. The molecule has 2 atom stereocenters. The third-order valence-electron chi connectivity index (χ3n) is 4.05. The average Bonchev–Trinajstić information content (AvgIpc) is 2.72. The van der Waals surface area contributed by atoms with Gasteiger partial charge in [-0.25, -0.2) is 0 Å². The molecular formula is C15H22N2O. The second-order valence-electron chi connectivity index (χ2n) is 5.46. The number of nitrogens with zero attached hydrogens (tertiary/aromatic N) is 1. The van der Waals surface area contributed by atoms with Gasteiger partial charge in [0.05, 0.1) is 12.2 Å². The van der Waals surface area contributed by atoms with E-state index in [2.05, 4.69) is 29.2 Å². The molecule has 3 heteroatoms. The molecular weight excluding hydrogens is 224 g/mol. The van der Waals surface area contributed by atoms with Crippen LogP contribution < -0.4 is 5.73 Å². The van der Waals surface area contributed by atoms with E-state index in [4.69, 9.17) is 10.5 Å². The Labute approximate surface area is 109 Å². The van der Waals surface area contributed by atoms with Crippen molar-refractivity contribution in [1.82, 2.24) is 4.90 Å². The zero-order valence-electron chi connectivity index (χ0n) is 10.8. The van der Waals surface area contributed by atoms with Crippen LogP contribution in [0, 0.1) is 0 Å². The summed E-state index contributed by atoms with van der Waals surface area (Å²) in [4.78, 5) is 2.54. The number of likely N-dealkylation sites (tertiary alicyclic amines) is 1. The van der Waals surface area contributed by atoms with Crippen LogP contribution in [-0.2, 0) is 17.7 Å². The highest BCUT2D eigenvalue weighted by molar-refractivity contribution is 5.27. The second kappa shape index (κ2) is 5.39. The Morgan fingerprint density at radius 3 is 2.44 bits per heavy atom. The van der Waals surface area contributed by atoms with Crippen molar-refractivity contribution in [2.75, 3.05) is 19.6 Å². The molecule has 1 aromatic carbocycles. The fourth-order valence-electron chi connectivity index (χ4n) is 3.18. The minimum atomic E-state index is 0.477. The molecule has 3 rings (SSSR count). The van der Waals surface area contributed by atoms with Gasteiger partial charge in [-0.15, -0.1) is 0 Å². The summed E-state index contributed by atoms with van der Waals surface area (Å²) in [6, 6.07) is 8.68. The standard InChI is InChI=1S/C15H22N2O/c16-8-7-12-3-1-2-4-13(12)9-17-10-14-5-6-15(11-17)18-14/h1-4,14-15H,5-11,16H2. The molecule has 1 aromatic rings. The first kappa shape index (κ1) is 12.2. The first-order valence-corrected chi connectivity index (χ1v) is 7.00. The Morgan fingerprint density at radius 1 is 1.11 bits per heavy atom. The molecule has 98 valence electrons. The average molecular weight is 246 g/mol. The van der Waals surface area contributed by atoms with Crippen molar-refractivity contribution < 1.29 is 4.74 Å². The molecule has 2 saturated heterocycles. The van der Waals surface area contributed by atoms with Gasteiger partial charge in [-0.2, -0.15) is 0 Å². The molecule has 2 bridgehead atoms. The van der Waals surface area contributed by atoms with Crippen molar-refractivity contribution in [2.45, 2.75) is 38.0 Å². The first-order valence-electron chi connectivity index (χ1n) is 7.00. The van der Waals surface area contributed by atoms with Crippen LogP contribution in [0.15, 0.2) is 24.3 Å². The summed E-state index contributed by atoms with van der Waals surface area (Å²) in [5.41, 5.74) is 8.52. The third kappa shape index (κ3) is 2.58. The van der Waals surface area contributed by atoms with Crippen LogP contribution in [0.2, 0.25) is 0 Å². The molecule has 0 spiro atoms. The van der Waals surface area contributed by atoms with Crippen LogP contribution in [0.5, 0.6) is 0 Å². The maximum absolute atomic E-state index is 5.88. The van der Waals surface area contributed by atoms with Crippen molar-refractivity contribution in [3.63, 3.8) is 0 Å². The van der Waals surface area contributed by atoms with Crippen LogP contribution in [-0.4, -0.2) is 36.7 Å². The van der Waals surface area contributed by atoms with E-state index in [0.717, 1.165) is 32.6 Å². The van der Waals surface area contributed by atoms with E-state index in [1.54, 1.807) is 0 Å². The molecule has 18 heavy (non-hydrogen) atoms. The monoisotopic (exact) mass is 246 g/mol. The van der Waals surface area contributed by atoms with Crippen LogP contribution in [0.3, 0.4) is 0 Å². The molecule has 2 aliphatic rings. The Balaban J connectivity index is 1.68. The molecule has 0 saturated carbocycles. The number of benzene rings is 1. The number of hydrogen-bond donors (Lipinski definition) is 1. The first-order chi connectivity index (χ1) is 8.85. The number of morpholine rings is 1. The highest BCUT2D eigenvalue weighted by Gasteiger charge is 2.33. The van der Waals surface area contributed by atoms with Gasteiger partial charge >= 0.3 is 0 Å². The van der Waals surface area contributed by atoms with Crippen LogP contribution in [0.25, 0.3) is 0 Å². The highest BCUT2D eigenvalue weighted by Crippen LogP contribution is 2.27. The van der Waals surface area contributed by atoms with Gasteiger partial charge in [0.1, 0.15) is 0 Å². The minimum Gasteiger partial charge on any atom is -0.372 e. The molecule has 0 aliphatic carbocycles. The van der Waals surface area contributed by atoms with E-state index in [-0.39, 0.29) is 0 Å². The van der Waals surface area contributed by atoms with Crippen molar-refractivity contribution in [3.8, 4) is 0 Å². The molecule has 2 aliphatic heterocycles. The minimum absolute atomic E-state index is 0.477. The predicted molar refractivity (Wildman–Crippen MR) is 72.4 cm³/mol. The molecule has 2 N–H and O–H groups in total. The van der Waals surface area contributed by atoms with E-state index in [1.165, 1.54) is 24.0 Å². The second-order valence-corrected chi connectivity index (χ2v) is 5.46. The van der Waals surface area contributed by atoms with Gasteiger partial charge in [-0.3, -0.25) is 4.90 Å². The van der Waals surface area contributed by atoms with E-state index in [9.17, 15) is 0 Å². The lowest BCUT2D eigenvalue weighted by atomic mass is 10.0. The lowest BCUT2D eigenvalue weighted by Crippen LogP contribution is -2.42. The van der Waals surface area contributed by atoms with E-state index in [1.807, 2.05) is 0 Å². The van der Waals surface area contributed by atoms with Gasteiger partial charge in [0.2, 0.25) is 0 Å². The molecule has 0 aromatic heterocycles. The summed E-state index contributed by atoms with van der Waals surface area (Å²) in [7, 11) is 0. The molecule has 2 heterocycles. The topological polar surface area (TPSA) is 38.5 Å². The number of hydrogen-bond acceptors (Lipinski definition) is 3. The van der Waals surface area contributed by atoms with E-state index >= 15 is 0 Å². The summed E-state index contributed by atoms with van der Waals surface area (Å²) >= 11 is 0. The largest absolute Gasteiger partial charge is 0.372 e. The molecule has 2 unspecified atom stereocenters. The van der Waals surface area contributed by atoms with Crippen molar-refractivity contribution in [1.29, 1.82) is 0 Å². The smallest absolute Gasteiger partial charge is 0.0707 e. The van der Waals surface area contributed by atoms with Gasteiger partial charge < -0.3 is 10.5 Å². The van der Waals surface area contributed by atoms with Gasteiger partial charge in [0, 0.05) is 19.6 Å². The van der Waals surface area contributed by atoms with Gasteiger partial charge in [0.25, 0.3) is 0 Å². The molecule has 0 radical (unpaired) electrons. The van der Waals surface area contributed by atoms with Crippen LogP contribution in [0.1, 0.15) is 24.0 Å². The zero-order chi connectivity index (χ0) is 12.4. The Bertz CT molecular complexity index is 395. The summed E-state index contributed by atoms with van der Waals surface area (Å²) < 4.78 is 5.88. The number of fused-ring (bicyclic) bond motifs is 2. The quantitative estimate of drug-likeness (QED) is 0.876. The fraction of sp³-hybridized carbons (Fsp3) is 0.600. The number of ether oxygens (including phenoxy) is 1. The Hall–Kier alpha value is -0.900. The Morgan fingerprint density at radius 2 is 1.78 bits per heavy atom. The highest BCUT2D eigenvalue weighted by atomic mass is 16.5. The molecule has 2 fully saturated rings. The molecule has 3 nitrogen and oxygen atoms in total. The van der Waals surface area contributed by atoms with E-state index < -0.39 is 0 Å². The van der Waals surface area contributed by atoms with Crippen molar-refractivity contribution in [3.05, 3.63) is 35.4 Å². The maximum atomic E-state index is 5.88. The number of rotatable bonds is 4. The van der Waals surface area contributed by atoms with Crippen LogP contribution in [0.4, 0.5) is 0 Å². The summed E-state index contributed by atoms with van der Waals surface area (Å²) in [5, 5.41) is 0. The summed E-state index contributed by atoms with van der Waals surface area (Å²) in [5.74, 6) is 0. The van der Waals surface area contributed by atoms with E-state index in [0.29, 0.717) is 12.2 Å². The predicted octanol–water partition coefficient (Wildman–Crippen LogP) is 1.55. The van der Waals surface area contributed by atoms with Gasteiger partial charge in [0.15, 0.2) is 0 Å². The molecule has 0 amide bonds. The lowest BCUT2D eigenvalue weighted by molar-refractivity contribution is -0.0411. The van der Waals surface area contributed by atoms with Crippen molar-refractivity contribution >= 4 is 0 Å². The summed E-state index contributed by atoms with van der Waals surface area (Å²) in [6.45, 7) is 3.96. The zero-order valence-corrected chi connectivity index (χ0v) is 10.8. The van der Waals surface area contributed by atoms with Crippen LogP contribution >= 0.6 is 0 Å². The third-order valence-corrected chi connectivity index (χ3v) is 4.05. The fourth-order valence-corrected chi connectivity index (χ4v) is 3.18. The normalized spacial score (nSPS) is 27.6. The SMILES string of the molecule is NCCc1ccccc1CN1CC2CCC(C1)O2. The lowest BCUT2D eigenvalue weighted by Gasteiger charge is -2.32. The van der Waals surface area contributed by atoms with Crippen molar-refractivity contribution in [2.24, 2.45) is 5.73 Å². The Kier molecular flexibility index (Phi) is 3.64. The summed E-state index contributed by atoms with van der Waals surface area (Å²) in [6.07, 6.45) is 4.42. The van der Waals surface area contributed by atoms with Gasteiger partial charge in [-0.1, -0.05) is 24.3 Å².